The SMILES string of the molecule is CCC(ON=C(N)C(C)C)N1CCCCC1. The summed E-state index contributed by atoms with van der Waals surface area (Å²) in [5, 5.41) is 4.02. The molecule has 1 rings (SSSR count). The summed E-state index contributed by atoms with van der Waals surface area (Å²) in [6, 6.07) is 0. The zero-order valence-electron chi connectivity index (χ0n) is 10.8. The lowest BCUT2D eigenvalue weighted by Crippen LogP contribution is -2.40. The zero-order valence-corrected chi connectivity index (χ0v) is 10.8. The third-order valence-corrected chi connectivity index (χ3v) is 3.02. The van der Waals surface area contributed by atoms with Crippen molar-refractivity contribution in [3.05, 3.63) is 0 Å². The number of likely N-dealkylation sites (tertiary alicyclic amines) is 1. The summed E-state index contributed by atoms with van der Waals surface area (Å²) >= 11 is 0. The lowest BCUT2D eigenvalue weighted by atomic mass is 10.1. The van der Waals surface area contributed by atoms with Crippen LogP contribution < -0.4 is 5.73 Å². The van der Waals surface area contributed by atoms with Crippen LogP contribution >= 0.6 is 0 Å². The Morgan fingerprint density at radius 3 is 2.44 bits per heavy atom. The van der Waals surface area contributed by atoms with Crippen LogP contribution in [0.4, 0.5) is 0 Å². The summed E-state index contributed by atoms with van der Waals surface area (Å²) in [5.74, 6) is 0.828. The predicted octanol–water partition coefficient (Wildman–Crippen LogP) is 2.15. The Morgan fingerprint density at radius 2 is 1.94 bits per heavy atom. The van der Waals surface area contributed by atoms with E-state index in [1.165, 1.54) is 19.3 Å². The van der Waals surface area contributed by atoms with E-state index < -0.39 is 0 Å². The third kappa shape index (κ3) is 4.00. The molecule has 1 saturated heterocycles. The highest BCUT2D eigenvalue weighted by Crippen LogP contribution is 2.15. The molecule has 4 heteroatoms. The Balaban J connectivity index is 2.44. The van der Waals surface area contributed by atoms with E-state index in [0.717, 1.165) is 19.5 Å². The molecule has 0 aromatic rings. The Bertz CT molecular complexity index is 222. The molecular formula is C12H25N3O. The summed E-state index contributed by atoms with van der Waals surface area (Å²) in [6.45, 7) is 8.40. The molecule has 1 fully saturated rings. The van der Waals surface area contributed by atoms with Gasteiger partial charge in [0.05, 0.1) is 0 Å². The van der Waals surface area contributed by atoms with E-state index in [0.29, 0.717) is 5.84 Å². The van der Waals surface area contributed by atoms with Crippen molar-refractivity contribution < 1.29 is 4.84 Å². The molecule has 2 N–H and O–H groups in total. The van der Waals surface area contributed by atoms with Crippen molar-refractivity contribution in [2.45, 2.75) is 52.7 Å². The van der Waals surface area contributed by atoms with Gasteiger partial charge in [-0.3, -0.25) is 4.90 Å². The van der Waals surface area contributed by atoms with Gasteiger partial charge in [-0.05, 0) is 19.3 Å². The van der Waals surface area contributed by atoms with Gasteiger partial charge in [-0.25, -0.2) is 0 Å². The maximum Gasteiger partial charge on any atom is 0.181 e. The quantitative estimate of drug-likeness (QED) is 0.445. The average molecular weight is 227 g/mol. The number of amidine groups is 1. The predicted molar refractivity (Wildman–Crippen MR) is 67.0 cm³/mol. The second-order valence-corrected chi connectivity index (χ2v) is 4.74. The third-order valence-electron chi connectivity index (χ3n) is 3.02. The van der Waals surface area contributed by atoms with E-state index in [4.69, 9.17) is 10.6 Å². The molecule has 0 spiro atoms. The van der Waals surface area contributed by atoms with E-state index in [1.54, 1.807) is 0 Å². The Morgan fingerprint density at radius 1 is 1.31 bits per heavy atom. The first-order valence-corrected chi connectivity index (χ1v) is 6.38. The van der Waals surface area contributed by atoms with Gasteiger partial charge in [0.2, 0.25) is 0 Å². The number of hydrogen-bond donors (Lipinski definition) is 1. The normalized spacial score (nSPS) is 21.1. The molecule has 0 saturated carbocycles. The number of piperidine rings is 1. The summed E-state index contributed by atoms with van der Waals surface area (Å²) < 4.78 is 0. The van der Waals surface area contributed by atoms with Crippen LogP contribution in [0.2, 0.25) is 0 Å². The molecule has 0 amide bonds. The number of hydrogen-bond acceptors (Lipinski definition) is 3. The van der Waals surface area contributed by atoms with Gasteiger partial charge < -0.3 is 10.6 Å². The molecule has 1 atom stereocenters. The van der Waals surface area contributed by atoms with Crippen molar-refractivity contribution in [2.75, 3.05) is 13.1 Å². The van der Waals surface area contributed by atoms with Crippen LogP contribution in [0.5, 0.6) is 0 Å². The number of oxime groups is 1. The minimum Gasteiger partial charge on any atom is -0.384 e. The molecule has 1 unspecified atom stereocenters. The molecule has 1 aliphatic rings. The highest BCUT2D eigenvalue weighted by atomic mass is 16.7. The molecule has 0 bridgehead atoms. The molecule has 1 aliphatic heterocycles. The first-order chi connectivity index (χ1) is 7.65. The average Bonchev–Trinajstić information content (AvgIpc) is 2.30. The van der Waals surface area contributed by atoms with Gasteiger partial charge >= 0.3 is 0 Å². The summed E-state index contributed by atoms with van der Waals surface area (Å²) in [6.07, 6.45) is 4.92. The van der Waals surface area contributed by atoms with E-state index in [2.05, 4.69) is 17.0 Å². The van der Waals surface area contributed by atoms with E-state index >= 15 is 0 Å². The van der Waals surface area contributed by atoms with Gasteiger partial charge in [0.25, 0.3) is 0 Å². The number of nitrogens with zero attached hydrogens (tertiary/aromatic N) is 2. The molecule has 0 aromatic heterocycles. The maximum atomic E-state index is 5.76. The second kappa shape index (κ2) is 6.74. The van der Waals surface area contributed by atoms with E-state index in [1.807, 2.05) is 13.8 Å². The lowest BCUT2D eigenvalue weighted by molar-refractivity contribution is -0.0676. The molecule has 0 aromatic carbocycles. The Hall–Kier alpha value is -0.770. The second-order valence-electron chi connectivity index (χ2n) is 4.74. The van der Waals surface area contributed by atoms with Crippen molar-refractivity contribution in [1.29, 1.82) is 0 Å². The lowest BCUT2D eigenvalue weighted by Gasteiger charge is -2.32. The number of rotatable bonds is 5. The van der Waals surface area contributed by atoms with Crippen LogP contribution in [-0.2, 0) is 4.84 Å². The minimum atomic E-state index is 0.0950. The molecule has 1 heterocycles. The van der Waals surface area contributed by atoms with Gasteiger partial charge in [0, 0.05) is 19.0 Å². The fourth-order valence-electron chi connectivity index (χ4n) is 1.83. The highest BCUT2D eigenvalue weighted by Gasteiger charge is 2.20. The van der Waals surface area contributed by atoms with Gasteiger partial charge in [-0.1, -0.05) is 32.3 Å². The van der Waals surface area contributed by atoms with Crippen LogP contribution in [0, 0.1) is 5.92 Å². The molecule has 16 heavy (non-hydrogen) atoms. The largest absolute Gasteiger partial charge is 0.384 e. The fourth-order valence-corrected chi connectivity index (χ4v) is 1.83. The van der Waals surface area contributed by atoms with Crippen molar-refractivity contribution >= 4 is 5.84 Å². The van der Waals surface area contributed by atoms with E-state index in [9.17, 15) is 0 Å². The van der Waals surface area contributed by atoms with Crippen molar-refractivity contribution in [2.24, 2.45) is 16.8 Å². The van der Waals surface area contributed by atoms with Crippen LogP contribution in [0.15, 0.2) is 5.16 Å². The first-order valence-electron chi connectivity index (χ1n) is 6.38. The first kappa shape index (κ1) is 13.3. The molecule has 4 nitrogen and oxygen atoms in total. The topological polar surface area (TPSA) is 50.9 Å². The highest BCUT2D eigenvalue weighted by molar-refractivity contribution is 5.81. The summed E-state index contributed by atoms with van der Waals surface area (Å²) in [7, 11) is 0. The number of nitrogens with two attached hydrogens (primary N) is 1. The molecular weight excluding hydrogens is 202 g/mol. The summed E-state index contributed by atoms with van der Waals surface area (Å²) in [5.41, 5.74) is 5.76. The molecule has 0 radical (unpaired) electrons. The van der Waals surface area contributed by atoms with Crippen LogP contribution in [0.25, 0.3) is 0 Å². The minimum absolute atomic E-state index is 0.0950. The van der Waals surface area contributed by atoms with Crippen molar-refractivity contribution in [3.63, 3.8) is 0 Å². The smallest absolute Gasteiger partial charge is 0.181 e. The van der Waals surface area contributed by atoms with E-state index in [-0.39, 0.29) is 12.1 Å². The Kier molecular flexibility index (Phi) is 5.60. The standard InChI is InChI=1S/C12H25N3O/c1-4-11(15-8-6-5-7-9-15)16-14-12(13)10(2)3/h10-11H,4-9H2,1-3H3,(H2,13,14). The molecule has 0 aliphatic carbocycles. The van der Waals surface area contributed by atoms with Gasteiger partial charge in [0.15, 0.2) is 6.23 Å². The van der Waals surface area contributed by atoms with Crippen LogP contribution in [0.1, 0.15) is 46.5 Å². The van der Waals surface area contributed by atoms with Crippen molar-refractivity contribution in [1.82, 2.24) is 4.90 Å². The monoisotopic (exact) mass is 227 g/mol. The maximum absolute atomic E-state index is 5.76. The van der Waals surface area contributed by atoms with Gasteiger partial charge in [0.1, 0.15) is 5.84 Å². The zero-order chi connectivity index (χ0) is 12.0. The van der Waals surface area contributed by atoms with Crippen molar-refractivity contribution in [3.8, 4) is 0 Å². The summed E-state index contributed by atoms with van der Waals surface area (Å²) in [4.78, 5) is 7.90. The Labute approximate surface area is 98.8 Å². The van der Waals surface area contributed by atoms with Crippen LogP contribution in [0.3, 0.4) is 0 Å². The van der Waals surface area contributed by atoms with Gasteiger partial charge in [-0.2, -0.15) is 0 Å². The van der Waals surface area contributed by atoms with Crippen LogP contribution in [-0.4, -0.2) is 30.1 Å². The fraction of sp³-hybridized carbons (Fsp3) is 0.917. The molecule has 94 valence electrons. The van der Waals surface area contributed by atoms with Gasteiger partial charge in [-0.15, -0.1) is 0 Å².